The molecule has 3 amide bonds. The van der Waals surface area contributed by atoms with Gasteiger partial charge in [0.1, 0.15) is 6.04 Å². The number of thioether (sulfide) groups is 1. The molecular formula is C16H17BrN4O3S. The predicted molar refractivity (Wildman–Crippen MR) is 98.4 cm³/mol. The molecule has 0 aromatic heterocycles. The Kier molecular flexibility index (Phi) is 4.47. The molecule has 2 atom stereocenters. The number of piperazine rings is 1. The number of nitrogens with one attached hydrogen (secondary N) is 2. The SMILES string of the molecule is O=C1Nc2ccc(Br)cc2C(=O)N2CCN(C(=O)C3CSCN3)CC12. The number of nitrogens with zero attached hydrogens (tertiary/aromatic N) is 2. The number of hydrogen-bond acceptors (Lipinski definition) is 5. The van der Waals surface area contributed by atoms with Crippen LogP contribution < -0.4 is 10.6 Å². The number of benzene rings is 1. The van der Waals surface area contributed by atoms with E-state index in [1.807, 2.05) is 0 Å². The van der Waals surface area contributed by atoms with Crippen molar-refractivity contribution in [3.63, 3.8) is 0 Å². The zero-order valence-electron chi connectivity index (χ0n) is 13.3. The minimum Gasteiger partial charge on any atom is -0.337 e. The summed E-state index contributed by atoms with van der Waals surface area (Å²) in [4.78, 5) is 41.4. The molecule has 2 N–H and O–H groups in total. The summed E-state index contributed by atoms with van der Waals surface area (Å²) in [5.41, 5.74) is 0.984. The van der Waals surface area contributed by atoms with Crippen molar-refractivity contribution in [3.8, 4) is 0 Å². The van der Waals surface area contributed by atoms with E-state index < -0.39 is 6.04 Å². The van der Waals surface area contributed by atoms with Crippen molar-refractivity contribution < 1.29 is 14.4 Å². The van der Waals surface area contributed by atoms with E-state index in [-0.39, 0.29) is 30.3 Å². The van der Waals surface area contributed by atoms with Crippen LogP contribution in [0.5, 0.6) is 0 Å². The molecule has 0 spiro atoms. The fourth-order valence-electron chi connectivity index (χ4n) is 3.40. The lowest BCUT2D eigenvalue weighted by atomic mass is 10.1. The number of halogens is 1. The van der Waals surface area contributed by atoms with E-state index in [4.69, 9.17) is 0 Å². The Bertz CT molecular complexity index is 753. The maximum Gasteiger partial charge on any atom is 0.256 e. The summed E-state index contributed by atoms with van der Waals surface area (Å²) in [6, 6.07) is 4.36. The molecule has 0 saturated carbocycles. The number of hydrogen-bond donors (Lipinski definition) is 2. The van der Waals surface area contributed by atoms with Crippen molar-refractivity contribution in [3.05, 3.63) is 28.2 Å². The quantitative estimate of drug-likeness (QED) is 0.693. The summed E-state index contributed by atoms with van der Waals surface area (Å²) in [7, 11) is 0. The number of fused-ring (bicyclic) bond motifs is 2. The second-order valence-corrected chi connectivity index (χ2v) is 8.20. The van der Waals surface area contributed by atoms with Gasteiger partial charge in [-0.2, -0.15) is 0 Å². The standard InChI is InChI=1S/C16H17BrN4O3S/c17-9-1-2-11-10(5-9)15(23)21-4-3-20(6-13(21)14(22)19-11)16(24)12-7-25-8-18-12/h1-2,5,12-13,18H,3-4,6-8H2,(H,19,22). The van der Waals surface area contributed by atoms with Crippen LogP contribution in [-0.4, -0.2) is 70.9 Å². The molecule has 2 saturated heterocycles. The van der Waals surface area contributed by atoms with Gasteiger partial charge in [-0.05, 0) is 18.2 Å². The highest BCUT2D eigenvalue weighted by Crippen LogP contribution is 2.28. The van der Waals surface area contributed by atoms with Crippen molar-refractivity contribution in [1.29, 1.82) is 0 Å². The van der Waals surface area contributed by atoms with Crippen LogP contribution in [0.4, 0.5) is 5.69 Å². The highest BCUT2D eigenvalue weighted by Gasteiger charge is 2.41. The van der Waals surface area contributed by atoms with Gasteiger partial charge in [0.15, 0.2) is 0 Å². The second kappa shape index (κ2) is 6.62. The Morgan fingerprint density at radius 2 is 2.12 bits per heavy atom. The number of amides is 3. The molecule has 3 aliphatic rings. The Morgan fingerprint density at radius 1 is 1.28 bits per heavy atom. The fourth-order valence-corrected chi connectivity index (χ4v) is 4.69. The average Bonchev–Trinajstić information content (AvgIpc) is 3.13. The molecular weight excluding hydrogens is 408 g/mol. The first-order chi connectivity index (χ1) is 12.0. The molecule has 4 rings (SSSR count). The summed E-state index contributed by atoms with van der Waals surface area (Å²) < 4.78 is 0.783. The van der Waals surface area contributed by atoms with Gasteiger partial charge in [0, 0.05) is 29.2 Å². The van der Waals surface area contributed by atoms with E-state index in [2.05, 4.69) is 26.6 Å². The summed E-state index contributed by atoms with van der Waals surface area (Å²) in [5, 5.41) is 5.99. The lowest BCUT2D eigenvalue weighted by Crippen LogP contribution is -2.61. The predicted octanol–water partition coefficient (Wildman–Crippen LogP) is 0.717. The van der Waals surface area contributed by atoms with Crippen molar-refractivity contribution in [1.82, 2.24) is 15.1 Å². The zero-order valence-corrected chi connectivity index (χ0v) is 15.7. The Hall–Kier alpha value is -1.58. The van der Waals surface area contributed by atoms with E-state index >= 15 is 0 Å². The molecule has 7 nitrogen and oxygen atoms in total. The maximum atomic E-state index is 12.9. The lowest BCUT2D eigenvalue weighted by molar-refractivity contribution is -0.137. The Morgan fingerprint density at radius 3 is 2.88 bits per heavy atom. The van der Waals surface area contributed by atoms with Gasteiger partial charge in [-0.1, -0.05) is 15.9 Å². The van der Waals surface area contributed by atoms with E-state index in [1.54, 1.807) is 39.8 Å². The highest BCUT2D eigenvalue weighted by molar-refractivity contribution is 9.10. The minimum atomic E-state index is -0.662. The molecule has 3 aliphatic heterocycles. The molecule has 25 heavy (non-hydrogen) atoms. The van der Waals surface area contributed by atoms with Gasteiger partial charge in [-0.15, -0.1) is 11.8 Å². The summed E-state index contributed by atoms with van der Waals surface area (Å²) in [6.45, 7) is 1.03. The number of rotatable bonds is 1. The van der Waals surface area contributed by atoms with E-state index in [1.165, 1.54) is 0 Å². The largest absolute Gasteiger partial charge is 0.337 e. The topological polar surface area (TPSA) is 81.8 Å². The fraction of sp³-hybridized carbons (Fsp3) is 0.438. The molecule has 0 aliphatic carbocycles. The van der Waals surface area contributed by atoms with Crippen molar-refractivity contribution in [2.45, 2.75) is 12.1 Å². The van der Waals surface area contributed by atoms with Crippen LogP contribution in [0.1, 0.15) is 10.4 Å². The third kappa shape index (κ3) is 3.04. The summed E-state index contributed by atoms with van der Waals surface area (Å²) >= 11 is 5.06. The van der Waals surface area contributed by atoms with Crippen LogP contribution in [-0.2, 0) is 9.59 Å². The van der Waals surface area contributed by atoms with Gasteiger partial charge in [0.2, 0.25) is 11.8 Å². The normalized spacial score (nSPS) is 26.0. The molecule has 9 heteroatoms. The molecule has 1 aromatic rings. The minimum absolute atomic E-state index is 0.00871. The Labute approximate surface area is 157 Å². The third-order valence-corrected chi connectivity index (χ3v) is 6.17. The van der Waals surface area contributed by atoms with Crippen LogP contribution in [0.15, 0.2) is 22.7 Å². The number of anilines is 1. The van der Waals surface area contributed by atoms with Crippen molar-refractivity contribution in [2.24, 2.45) is 0 Å². The number of carbonyl (C=O) groups is 3. The molecule has 3 heterocycles. The van der Waals surface area contributed by atoms with Gasteiger partial charge in [-0.25, -0.2) is 0 Å². The molecule has 0 bridgehead atoms. The number of carbonyl (C=O) groups excluding carboxylic acids is 3. The molecule has 132 valence electrons. The summed E-state index contributed by atoms with van der Waals surface area (Å²) in [6.07, 6.45) is 0. The van der Waals surface area contributed by atoms with E-state index in [0.717, 1.165) is 16.1 Å². The smallest absolute Gasteiger partial charge is 0.256 e. The van der Waals surface area contributed by atoms with E-state index in [0.29, 0.717) is 24.3 Å². The molecule has 1 aromatic carbocycles. The van der Waals surface area contributed by atoms with Crippen LogP contribution in [0.25, 0.3) is 0 Å². The lowest BCUT2D eigenvalue weighted by Gasteiger charge is -2.40. The first kappa shape index (κ1) is 16.9. The van der Waals surface area contributed by atoms with Crippen molar-refractivity contribution in [2.75, 3.05) is 36.6 Å². The first-order valence-corrected chi connectivity index (χ1v) is 10.0. The van der Waals surface area contributed by atoms with Crippen LogP contribution in [0.2, 0.25) is 0 Å². The van der Waals surface area contributed by atoms with Gasteiger partial charge in [0.25, 0.3) is 5.91 Å². The van der Waals surface area contributed by atoms with Gasteiger partial charge >= 0.3 is 0 Å². The molecule has 2 unspecified atom stereocenters. The summed E-state index contributed by atoms with van der Waals surface area (Å²) in [5.74, 6) is 1.09. The second-order valence-electron chi connectivity index (χ2n) is 6.25. The van der Waals surface area contributed by atoms with E-state index in [9.17, 15) is 14.4 Å². The third-order valence-electron chi connectivity index (χ3n) is 4.74. The average molecular weight is 425 g/mol. The monoisotopic (exact) mass is 424 g/mol. The first-order valence-electron chi connectivity index (χ1n) is 8.06. The zero-order chi connectivity index (χ0) is 17.6. The van der Waals surface area contributed by atoms with Crippen LogP contribution in [0.3, 0.4) is 0 Å². The van der Waals surface area contributed by atoms with Crippen LogP contribution in [0, 0.1) is 0 Å². The maximum absolute atomic E-state index is 12.9. The van der Waals surface area contributed by atoms with Gasteiger partial charge in [0.05, 0.1) is 23.8 Å². The molecule has 0 radical (unpaired) electrons. The molecule has 2 fully saturated rings. The highest BCUT2D eigenvalue weighted by atomic mass is 79.9. The van der Waals surface area contributed by atoms with Crippen molar-refractivity contribution >= 4 is 51.1 Å². The van der Waals surface area contributed by atoms with Gasteiger partial charge in [-0.3, -0.25) is 19.7 Å². The Balaban J connectivity index is 1.58. The van der Waals surface area contributed by atoms with Gasteiger partial charge < -0.3 is 15.1 Å². The van der Waals surface area contributed by atoms with Crippen LogP contribution >= 0.6 is 27.7 Å².